The third kappa shape index (κ3) is 6.57. The summed E-state index contributed by atoms with van der Waals surface area (Å²) in [5, 5.41) is 3.10. The van der Waals surface area contributed by atoms with Crippen molar-refractivity contribution >= 4 is 41.3 Å². The highest BCUT2D eigenvalue weighted by Crippen LogP contribution is 2.22. The largest absolute Gasteiger partial charge is 0.370 e. The maximum atomic E-state index is 14.6. The van der Waals surface area contributed by atoms with Crippen LogP contribution in [0.1, 0.15) is 23.6 Å². The summed E-state index contributed by atoms with van der Waals surface area (Å²) in [6.07, 6.45) is 0. The summed E-state index contributed by atoms with van der Waals surface area (Å²) in [5.41, 5.74) is 10.7. The highest BCUT2D eigenvalue weighted by molar-refractivity contribution is 14.0. The van der Waals surface area contributed by atoms with Crippen molar-refractivity contribution < 1.29 is 4.39 Å². The van der Waals surface area contributed by atoms with Gasteiger partial charge in [-0.05, 0) is 61.3 Å². The number of nitrogens with one attached hydrogen (secondary N) is 1. The van der Waals surface area contributed by atoms with Crippen LogP contribution >= 0.6 is 24.0 Å². The standard InChI is InChI=1S/C22H30FN5.HI/c1-4-27-7-9-28(10-8-27)21-6-5-18(14-20(21)23)15-25-22(24)26-19-12-16(2)11-17(3)13-19;/h5-6,11-14H,4,7-10,15H2,1-3H3,(H3,24,25,26);1H. The number of hydrogen-bond acceptors (Lipinski definition) is 3. The average Bonchev–Trinajstić information content (AvgIpc) is 2.66. The van der Waals surface area contributed by atoms with Crippen LogP contribution in [0.5, 0.6) is 0 Å². The molecule has 0 aliphatic carbocycles. The first-order chi connectivity index (χ1) is 13.4. The molecule has 0 saturated carbocycles. The Balaban J connectivity index is 0.00000300. The zero-order valence-electron chi connectivity index (χ0n) is 17.4. The van der Waals surface area contributed by atoms with Crippen LogP contribution in [-0.4, -0.2) is 43.6 Å². The van der Waals surface area contributed by atoms with Gasteiger partial charge in [-0.25, -0.2) is 9.38 Å². The number of piperazine rings is 1. The summed E-state index contributed by atoms with van der Waals surface area (Å²) >= 11 is 0. The lowest BCUT2D eigenvalue weighted by Gasteiger charge is -2.35. The van der Waals surface area contributed by atoms with E-state index in [1.54, 1.807) is 6.07 Å². The first-order valence-electron chi connectivity index (χ1n) is 9.85. The first-order valence-corrected chi connectivity index (χ1v) is 9.85. The molecule has 0 spiro atoms. The number of aryl methyl sites for hydroxylation is 2. The van der Waals surface area contributed by atoms with Crippen LogP contribution in [0.2, 0.25) is 0 Å². The molecule has 7 heteroatoms. The van der Waals surface area contributed by atoms with E-state index in [1.807, 2.05) is 38.1 Å². The quantitative estimate of drug-likeness (QED) is 0.360. The molecule has 3 N–H and O–H groups in total. The van der Waals surface area contributed by atoms with E-state index in [9.17, 15) is 4.39 Å². The lowest BCUT2D eigenvalue weighted by molar-refractivity contribution is 0.270. The van der Waals surface area contributed by atoms with E-state index in [1.165, 1.54) is 0 Å². The Morgan fingerprint density at radius 3 is 2.31 bits per heavy atom. The SMILES string of the molecule is CCN1CCN(c2ccc(CN=C(N)Nc3cc(C)cc(C)c3)cc2F)CC1.I. The number of nitrogens with zero attached hydrogens (tertiary/aromatic N) is 3. The van der Waals surface area contributed by atoms with Gasteiger partial charge in [0.05, 0.1) is 12.2 Å². The van der Waals surface area contributed by atoms with Crippen molar-refractivity contribution in [1.29, 1.82) is 0 Å². The van der Waals surface area contributed by atoms with Gasteiger partial charge in [0.1, 0.15) is 5.82 Å². The van der Waals surface area contributed by atoms with E-state index in [2.05, 4.69) is 33.1 Å². The monoisotopic (exact) mass is 511 g/mol. The van der Waals surface area contributed by atoms with Crippen molar-refractivity contribution in [2.75, 3.05) is 42.9 Å². The second-order valence-electron chi connectivity index (χ2n) is 7.41. The zero-order valence-corrected chi connectivity index (χ0v) is 19.7. The van der Waals surface area contributed by atoms with E-state index < -0.39 is 0 Å². The van der Waals surface area contributed by atoms with Crippen LogP contribution in [0, 0.1) is 19.7 Å². The van der Waals surface area contributed by atoms with E-state index in [4.69, 9.17) is 5.73 Å². The number of hydrogen-bond donors (Lipinski definition) is 2. The molecule has 0 bridgehead atoms. The number of rotatable bonds is 5. The summed E-state index contributed by atoms with van der Waals surface area (Å²) in [4.78, 5) is 8.84. The van der Waals surface area contributed by atoms with Gasteiger partial charge < -0.3 is 20.9 Å². The predicted octanol–water partition coefficient (Wildman–Crippen LogP) is 4.13. The number of aliphatic imine (C=N–C) groups is 1. The molecule has 158 valence electrons. The first kappa shape index (κ1) is 23.4. The van der Waals surface area contributed by atoms with Crippen LogP contribution in [0.25, 0.3) is 0 Å². The fourth-order valence-electron chi connectivity index (χ4n) is 3.62. The number of benzene rings is 2. The highest BCUT2D eigenvalue weighted by atomic mass is 127. The second kappa shape index (κ2) is 10.8. The number of likely N-dealkylation sites (N-methyl/N-ethyl adjacent to an activating group) is 1. The van der Waals surface area contributed by atoms with Gasteiger partial charge in [-0.1, -0.05) is 19.1 Å². The Morgan fingerprint density at radius 1 is 1.07 bits per heavy atom. The van der Waals surface area contributed by atoms with Crippen molar-refractivity contribution in [3.63, 3.8) is 0 Å². The third-order valence-electron chi connectivity index (χ3n) is 5.10. The Kier molecular flexibility index (Phi) is 8.70. The third-order valence-corrected chi connectivity index (χ3v) is 5.10. The molecule has 0 amide bonds. The summed E-state index contributed by atoms with van der Waals surface area (Å²) in [6.45, 7) is 11.3. The molecule has 1 saturated heterocycles. The van der Waals surface area contributed by atoms with Crippen molar-refractivity contribution in [3.8, 4) is 0 Å². The van der Waals surface area contributed by atoms with Crippen LogP contribution in [0.3, 0.4) is 0 Å². The highest BCUT2D eigenvalue weighted by Gasteiger charge is 2.18. The number of halogens is 2. The molecule has 1 aliphatic rings. The summed E-state index contributed by atoms with van der Waals surface area (Å²) in [7, 11) is 0. The van der Waals surface area contributed by atoms with Gasteiger partial charge in [-0.2, -0.15) is 0 Å². The van der Waals surface area contributed by atoms with Crippen molar-refractivity contribution in [1.82, 2.24) is 4.90 Å². The Morgan fingerprint density at radius 2 is 1.72 bits per heavy atom. The van der Waals surface area contributed by atoms with E-state index >= 15 is 0 Å². The minimum absolute atomic E-state index is 0. The molecule has 1 fully saturated rings. The number of guanidine groups is 1. The molecule has 0 radical (unpaired) electrons. The fraction of sp³-hybridized carbons (Fsp3) is 0.409. The van der Waals surface area contributed by atoms with Crippen molar-refractivity contribution in [2.45, 2.75) is 27.3 Å². The van der Waals surface area contributed by atoms with Gasteiger partial charge in [0, 0.05) is 31.9 Å². The molecule has 2 aromatic carbocycles. The molecule has 2 aromatic rings. The summed E-state index contributed by atoms with van der Waals surface area (Å²) < 4.78 is 14.6. The van der Waals surface area contributed by atoms with Crippen molar-refractivity contribution in [2.24, 2.45) is 10.7 Å². The molecule has 1 aliphatic heterocycles. The van der Waals surface area contributed by atoms with E-state index in [0.717, 1.165) is 55.1 Å². The minimum atomic E-state index is -0.196. The number of anilines is 2. The molecule has 0 aromatic heterocycles. The second-order valence-corrected chi connectivity index (χ2v) is 7.41. The maximum Gasteiger partial charge on any atom is 0.193 e. The summed E-state index contributed by atoms with van der Waals surface area (Å²) in [6, 6.07) is 11.5. The average molecular weight is 511 g/mol. The molecule has 5 nitrogen and oxygen atoms in total. The van der Waals surface area contributed by atoms with Gasteiger partial charge in [0.25, 0.3) is 0 Å². The molecule has 0 unspecified atom stereocenters. The molecule has 3 rings (SSSR count). The molecular weight excluding hydrogens is 480 g/mol. The van der Waals surface area contributed by atoms with Crippen LogP contribution in [-0.2, 0) is 6.54 Å². The maximum absolute atomic E-state index is 14.6. The summed E-state index contributed by atoms with van der Waals surface area (Å²) in [5.74, 6) is 0.128. The van der Waals surface area contributed by atoms with Gasteiger partial charge in [0.15, 0.2) is 5.96 Å². The van der Waals surface area contributed by atoms with Crippen LogP contribution < -0.4 is 16.0 Å². The lowest BCUT2D eigenvalue weighted by atomic mass is 10.1. The molecule has 1 heterocycles. The smallest absolute Gasteiger partial charge is 0.193 e. The van der Waals surface area contributed by atoms with Gasteiger partial charge in [-0.15, -0.1) is 24.0 Å². The Hall–Kier alpha value is -1.87. The predicted molar refractivity (Wildman–Crippen MR) is 131 cm³/mol. The van der Waals surface area contributed by atoms with E-state index in [-0.39, 0.29) is 29.8 Å². The van der Waals surface area contributed by atoms with Crippen molar-refractivity contribution in [3.05, 3.63) is 58.9 Å². The Labute approximate surface area is 190 Å². The van der Waals surface area contributed by atoms with Gasteiger partial charge in [0.2, 0.25) is 0 Å². The van der Waals surface area contributed by atoms with Crippen LogP contribution in [0.4, 0.5) is 15.8 Å². The fourth-order valence-corrected chi connectivity index (χ4v) is 3.62. The van der Waals surface area contributed by atoms with Crippen LogP contribution in [0.15, 0.2) is 41.4 Å². The minimum Gasteiger partial charge on any atom is -0.370 e. The lowest BCUT2D eigenvalue weighted by Crippen LogP contribution is -2.46. The van der Waals surface area contributed by atoms with E-state index in [0.29, 0.717) is 18.2 Å². The molecular formula is C22H31FIN5. The normalized spacial score (nSPS) is 15.2. The Bertz CT molecular complexity index is 827. The number of nitrogens with two attached hydrogens (primary N) is 1. The molecule has 29 heavy (non-hydrogen) atoms. The topological polar surface area (TPSA) is 56.9 Å². The van der Waals surface area contributed by atoms with Gasteiger partial charge in [-0.3, -0.25) is 0 Å². The molecule has 0 atom stereocenters. The van der Waals surface area contributed by atoms with Gasteiger partial charge >= 0.3 is 0 Å². The zero-order chi connectivity index (χ0) is 20.1.